The summed E-state index contributed by atoms with van der Waals surface area (Å²) in [5.74, 6) is -0.0954. The van der Waals surface area contributed by atoms with E-state index in [9.17, 15) is 9.90 Å². The van der Waals surface area contributed by atoms with Crippen LogP contribution in [0.4, 0.5) is 4.79 Å². The predicted molar refractivity (Wildman–Crippen MR) is 196 cm³/mol. The van der Waals surface area contributed by atoms with E-state index < -0.39 is 11.2 Å². The molecule has 2 aromatic carbocycles. The van der Waals surface area contributed by atoms with Crippen molar-refractivity contribution in [2.75, 3.05) is 32.7 Å². The first-order valence-corrected chi connectivity index (χ1v) is 18.1. The van der Waals surface area contributed by atoms with Crippen LogP contribution in [0.15, 0.2) is 103 Å². The molecule has 0 spiro atoms. The van der Waals surface area contributed by atoms with Gasteiger partial charge in [-0.05, 0) is 69.4 Å². The summed E-state index contributed by atoms with van der Waals surface area (Å²) in [5.41, 5.74) is 1.71. The monoisotopic (exact) mass is 680 g/mol. The lowest BCUT2D eigenvalue weighted by Crippen LogP contribution is -2.59. The van der Waals surface area contributed by atoms with Gasteiger partial charge in [-0.25, -0.2) is 4.79 Å². The maximum Gasteiger partial charge on any atom is 0.410 e. The first-order chi connectivity index (χ1) is 24.1. The quantitative estimate of drug-likeness (QED) is 0.334. The van der Waals surface area contributed by atoms with Crippen LogP contribution in [0.5, 0.6) is 0 Å². The normalized spacial score (nSPS) is 25.4. The van der Waals surface area contributed by atoms with Gasteiger partial charge in [0, 0.05) is 45.3 Å². The molecule has 4 aliphatic rings. The first kappa shape index (κ1) is 35.5. The van der Waals surface area contributed by atoms with Gasteiger partial charge in [0.15, 0.2) is 0 Å². The Morgan fingerprint density at radius 2 is 1.78 bits per heavy atom. The van der Waals surface area contributed by atoms with E-state index in [0.29, 0.717) is 51.1 Å². The van der Waals surface area contributed by atoms with Gasteiger partial charge in [-0.15, -0.1) is 0 Å². The number of allylic oxidation sites excluding steroid dienone is 2. The number of rotatable bonds is 9. The van der Waals surface area contributed by atoms with Crippen molar-refractivity contribution in [3.63, 3.8) is 0 Å². The lowest BCUT2D eigenvalue weighted by atomic mass is 9.78. The minimum absolute atomic E-state index is 0.0755. The van der Waals surface area contributed by atoms with E-state index in [2.05, 4.69) is 22.3 Å². The van der Waals surface area contributed by atoms with Crippen LogP contribution in [0, 0.1) is 0 Å². The van der Waals surface area contributed by atoms with Crippen molar-refractivity contribution in [2.45, 2.75) is 88.7 Å². The van der Waals surface area contributed by atoms with Gasteiger partial charge in [0.25, 0.3) is 5.91 Å². The number of aliphatic hydroxyl groups is 1. The molecule has 0 bridgehead atoms. The second-order valence-electron chi connectivity index (χ2n) is 14.9. The molecule has 2 amide bonds. The summed E-state index contributed by atoms with van der Waals surface area (Å²) in [6, 6.07) is 19.6. The molecule has 50 heavy (non-hydrogen) atoms. The van der Waals surface area contributed by atoms with Crippen molar-refractivity contribution >= 4 is 17.7 Å². The molecule has 2 fully saturated rings. The van der Waals surface area contributed by atoms with Crippen LogP contribution < -0.4 is 5.32 Å². The average molecular weight is 681 g/mol. The second-order valence-corrected chi connectivity index (χ2v) is 14.9. The highest BCUT2D eigenvalue weighted by Crippen LogP contribution is 2.39. The van der Waals surface area contributed by atoms with Gasteiger partial charge in [0.1, 0.15) is 11.7 Å². The summed E-state index contributed by atoms with van der Waals surface area (Å²) in [7, 11) is 0. The number of benzene rings is 2. The van der Waals surface area contributed by atoms with E-state index in [1.165, 1.54) is 0 Å². The van der Waals surface area contributed by atoms with Gasteiger partial charge in [0.05, 0.1) is 35.2 Å². The van der Waals surface area contributed by atoms with E-state index in [1.807, 2.05) is 105 Å². The van der Waals surface area contributed by atoms with E-state index in [1.54, 1.807) is 11.2 Å². The van der Waals surface area contributed by atoms with Crippen molar-refractivity contribution < 1.29 is 24.2 Å². The Morgan fingerprint density at radius 1 is 1.02 bits per heavy atom. The van der Waals surface area contributed by atoms with Crippen LogP contribution in [0.25, 0.3) is 5.70 Å². The molecule has 3 unspecified atom stereocenters. The largest absolute Gasteiger partial charge is 0.497 e. The average Bonchev–Trinajstić information content (AvgIpc) is 3.52. The Bertz CT molecular complexity index is 1590. The fourth-order valence-corrected chi connectivity index (χ4v) is 7.57. The summed E-state index contributed by atoms with van der Waals surface area (Å²) in [4.78, 5) is 34.1. The van der Waals surface area contributed by atoms with Crippen molar-refractivity contribution in [1.29, 1.82) is 0 Å². The molecule has 266 valence electrons. The third-order valence-corrected chi connectivity index (χ3v) is 9.98. The zero-order valence-corrected chi connectivity index (χ0v) is 29.7. The summed E-state index contributed by atoms with van der Waals surface area (Å²) in [5, 5.41) is 15.9. The first-order valence-electron chi connectivity index (χ1n) is 18.1. The summed E-state index contributed by atoms with van der Waals surface area (Å²) in [6.07, 6.45) is 16.1. The Labute approximate surface area is 296 Å². The van der Waals surface area contributed by atoms with Crippen molar-refractivity contribution in [2.24, 2.45) is 0 Å². The fraction of sp³-hybridized carbons (Fsp3) is 0.463. The molecule has 9 nitrogen and oxygen atoms in total. The topological polar surface area (TPSA) is 94.6 Å². The molecule has 9 heteroatoms. The van der Waals surface area contributed by atoms with Gasteiger partial charge in [-0.3, -0.25) is 4.79 Å². The maximum atomic E-state index is 15.0. The minimum Gasteiger partial charge on any atom is -0.497 e. The predicted octanol–water partition coefficient (Wildman–Crippen LogP) is 6.04. The Kier molecular flexibility index (Phi) is 11.1. The third-order valence-electron chi connectivity index (χ3n) is 9.98. The van der Waals surface area contributed by atoms with Crippen LogP contribution in [0.3, 0.4) is 0 Å². The zero-order valence-electron chi connectivity index (χ0n) is 29.7. The van der Waals surface area contributed by atoms with Gasteiger partial charge >= 0.3 is 6.09 Å². The second kappa shape index (κ2) is 15.7. The van der Waals surface area contributed by atoms with Crippen LogP contribution in [-0.4, -0.2) is 93.9 Å². The molecule has 1 saturated heterocycles. The van der Waals surface area contributed by atoms with Crippen molar-refractivity contribution in [3.8, 4) is 0 Å². The van der Waals surface area contributed by atoms with Crippen LogP contribution in [0.1, 0.15) is 64.0 Å². The summed E-state index contributed by atoms with van der Waals surface area (Å²) < 4.78 is 11.4. The molecule has 0 aromatic heterocycles. The molecule has 6 rings (SSSR count). The van der Waals surface area contributed by atoms with E-state index in [-0.39, 0.29) is 30.2 Å². The Balaban J connectivity index is 1.34. The molecule has 3 aliphatic heterocycles. The smallest absolute Gasteiger partial charge is 0.410 e. The van der Waals surface area contributed by atoms with E-state index in [0.717, 1.165) is 42.5 Å². The molecule has 4 atom stereocenters. The van der Waals surface area contributed by atoms with Crippen LogP contribution >= 0.6 is 0 Å². The number of ether oxygens (including phenoxy) is 2. The molecule has 1 saturated carbocycles. The Morgan fingerprint density at radius 3 is 2.50 bits per heavy atom. The fourth-order valence-electron chi connectivity index (χ4n) is 7.57. The molecule has 2 N–H and O–H groups in total. The standard InChI is InChI=1S/C41H52N4O5/c1-40(2,3)50-39(47)43-24-25-44(33(29-43)27-31-15-6-4-7-16-31)38(46)35-20-11-13-23-45(37(35)32-17-8-5-9-18-32)36-21-10-12-22-41(36,48)30-42-28-34-19-14-26-49-34/h4-9,11,13-18,20,23,26,33-34,36,42,48H,10,12,19,21-22,24-25,27-30H2,1-3H3/t33-,34?,36?,41?/m1/s1. The van der Waals surface area contributed by atoms with Gasteiger partial charge in [0.2, 0.25) is 0 Å². The van der Waals surface area contributed by atoms with E-state index in [4.69, 9.17) is 9.47 Å². The summed E-state index contributed by atoms with van der Waals surface area (Å²) in [6.45, 7) is 7.79. The number of hydrogen-bond acceptors (Lipinski definition) is 7. The molecule has 0 radical (unpaired) electrons. The van der Waals surface area contributed by atoms with Gasteiger partial charge < -0.3 is 34.6 Å². The van der Waals surface area contributed by atoms with Gasteiger partial charge in [-0.2, -0.15) is 0 Å². The number of nitrogens with zero attached hydrogens (tertiary/aromatic N) is 3. The maximum absolute atomic E-state index is 15.0. The molecule has 1 aliphatic carbocycles. The number of piperazine rings is 1. The highest BCUT2D eigenvalue weighted by atomic mass is 16.6. The number of amides is 2. The number of nitrogens with one attached hydrogen (secondary N) is 1. The van der Waals surface area contributed by atoms with Crippen molar-refractivity contribution in [1.82, 2.24) is 20.0 Å². The third kappa shape index (κ3) is 8.50. The van der Waals surface area contributed by atoms with Crippen LogP contribution in [0.2, 0.25) is 0 Å². The van der Waals surface area contributed by atoms with Crippen LogP contribution in [-0.2, 0) is 20.7 Å². The molecule has 2 aromatic rings. The highest BCUT2D eigenvalue weighted by molar-refractivity contribution is 6.04. The Hall–Kier alpha value is -4.34. The number of hydrogen-bond donors (Lipinski definition) is 2. The van der Waals surface area contributed by atoms with Gasteiger partial charge in [-0.1, -0.05) is 79.6 Å². The zero-order chi connectivity index (χ0) is 35.1. The molecular weight excluding hydrogens is 628 g/mol. The van der Waals surface area contributed by atoms with E-state index >= 15 is 4.79 Å². The minimum atomic E-state index is -1.03. The number of carbonyl (C=O) groups excluding carboxylic acids is 2. The lowest BCUT2D eigenvalue weighted by Gasteiger charge is -2.47. The lowest BCUT2D eigenvalue weighted by molar-refractivity contribution is -0.131. The molecule has 3 heterocycles. The summed E-state index contributed by atoms with van der Waals surface area (Å²) >= 11 is 0. The SMILES string of the molecule is CC(C)(C)OC(=O)N1CCN(C(=O)C2=C(c3ccccc3)N(C3CCCCC3(O)CNCC3CC=CO3)C=CC=C2)[C@H](Cc2ccccc2)C1. The highest BCUT2D eigenvalue weighted by Gasteiger charge is 2.44. The van der Waals surface area contributed by atoms with Crippen molar-refractivity contribution in [3.05, 3.63) is 114 Å². The molecular formula is C41H52N4O5. The number of carbonyl (C=O) groups is 2.